The van der Waals surface area contributed by atoms with Crippen LogP contribution < -0.4 is 0 Å². The topological polar surface area (TPSA) is 38.0 Å². The summed E-state index contributed by atoms with van der Waals surface area (Å²) in [7, 11) is 0. The molecule has 3 aromatic rings. The second-order valence-electron chi connectivity index (χ2n) is 4.35. The Labute approximate surface area is 105 Å². The molecule has 3 heteroatoms. The number of aliphatic hydroxyl groups is 1. The Hall–Kier alpha value is -2.13. The molecule has 0 saturated carbocycles. The first-order chi connectivity index (χ1) is 8.77. The van der Waals surface area contributed by atoms with Crippen LogP contribution in [0.2, 0.25) is 0 Å². The maximum Gasteiger partial charge on any atom is 0.0782 e. The van der Waals surface area contributed by atoms with Gasteiger partial charge in [-0.05, 0) is 19.1 Å². The van der Waals surface area contributed by atoms with Gasteiger partial charge in [0.1, 0.15) is 0 Å². The Morgan fingerprint density at radius 3 is 2.61 bits per heavy atom. The van der Waals surface area contributed by atoms with Gasteiger partial charge in [0.2, 0.25) is 0 Å². The molecule has 1 N–H and O–H groups in total. The molecule has 1 atom stereocenters. The summed E-state index contributed by atoms with van der Waals surface area (Å²) in [6, 6.07) is 15.8. The van der Waals surface area contributed by atoms with Gasteiger partial charge in [-0.1, -0.05) is 36.4 Å². The van der Waals surface area contributed by atoms with Crippen LogP contribution in [0.3, 0.4) is 0 Å². The predicted molar refractivity (Wildman–Crippen MR) is 71.7 cm³/mol. The van der Waals surface area contributed by atoms with Gasteiger partial charge in [-0.3, -0.25) is 0 Å². The molecular weight excluding hydrogens is 224 g/mol. The van der Waals surface area contributed by atoms with Gasteiger partial charge in [-0.25, -0.2) is 4.68 Å². The fraction of sp³-hybridized carbons (Fsp3) is 0.133. The summed E-state index contributed by atoms with van der Waals surface area (Å²) in [6.45, 7) is 1.77. The molecule has 1 heterocycles. The van der Waals surface area contributed by atoms with Crippen molar-refractivity contribution in [3.8, 4) is 5.69 Å². The zero-order valence-electron chi connectivity index (χ0n) is 10.1. The molecule has 0 saturated heterocycles. The summed E-state index contributed by atoms with van der Waals surface area (Å²) >= 11 is 0. The maximum absolute atomic E-state index is 9.83. The van der Waals surface area contributed by atoms with E-state index in [1.54, 1.807) is 6.92 Å². The molecule has 18 heavy (non-hydrogen) atoms. The largest absolute Gasteiger partial charge is 0.389 e. The zero-order chi connectivity index (χ0) is 12.5. The molecule has 0 aliphatic heterocycles. The summed E-state index contributed by atoms with van der Waals surface area (Å²) in [5.74, 6) is 0. The van der Waals surface area contributed by atoms with Gasteiger partial charge in [-0.15, -0.1) is 0 Å². The minimum absolute atomic E-state index is 0.510. The first-order valence-corrected chi connectivity index (χ1v) is 5.97. The van der Waals surface area contributed by atoms with Crippen LogP contribution in [-0.2, 0) is 0 Å². The average molecular weight is 238 g/mol. The number of benzene rings is 2. The van der Waals surface area contributed by atoms with Gasteiger partial charge in [0, 0.05) is 10.9 Å². The molecule has 0 aliphatic rings. The quantitative estimate of drug-likeness (QED) is 0.745. The number of hydrogen-bond acceptors (Lipinski definition) is 2. The van der Waals surface area contributed by atoms with E-state index in [-0.39, 0.29) is 0 Å². The van der Waals surface area contributed by atoms with E-state index < -0.39 is 6.10 Å². The van der Waals surface area contributed by atoms with Gasteiger partial charge in [-0.2, -0.15) is 5.10 Å². The molecule has 0 fully saturated rings. The van der Waals surface area contributed by atoms with Crippen LogP contribution in [0.5, 0.6) is 0 Å². The number of rotatable bonds is 2. The Morgan fingerprint density at radius 2 is 1.78 bits per heavy atom. The summed E-state index contributed by atoms with van der Waals surface area (Å²) in [4.78, 5) is 0. The fourth-order valence-corrected chi connectivity index (χ4v) is 2.20. The van der Waals surface area contributed by atoms with Gasteiger partial charge in [0.05, 0.1) is 23.5 Å². The molecule has 0 unspecified atom stereocenters. The molecule has 1 aromatic heterocycles. The Bertz CT molecular complexity index is 686. The highest BCUT2D eigenvalue weighted by Crippen LogP contribution is 2.24. The number of aliphatic hydroxyl groups excluding tert-OH is 1. The van der Waals surface area contributed by atoms with Crippen molar-refractivity contribution in [2.75, 3.05) is 0 Å². The Balaban J connectivity index is 2.27. The monoisotopic (exact) mass is 238 g/mol. The third kappa shape index (κ3) is 1.69. The van der Waals surface area contributed by atoms with Gasteiger partial charge in [0.15, 0.2) is 0 Å². The minimum atomic E-state index is -0.510. The van der Waals surface area contributed by atoms with E-state index in [1.807, 2.05) is 59.4 Å². The summed E-state index contributed by atoms with van der Waals surface area (Å²) in [5, 5.41) is 15.3. The van der Waals surface area contributed by atoms with Crippen molar-refractivity contribution in [2.24, 2.45) is 0 Å². The first kappa shape index (κ1) is 11.0. The SMILES string of the molecule is C[C@H](O)c1ccccc1-n1ncc2ccccc21. The van der Waals surface area contributed by atoms with Crippen LogP contribution >= 0.6 is 0 Å². The van der Waals surface area contributed by atoms with E-state index in [2.05, 4.69) is 5.10 Å². The van der Waals surface area contributed by atoms with Crippen LogP contribution in [0.1, 0.15) is 18.6 Å². The molecule has 3 rings (SSSR count). The highest BCUT2D eigenvalue weighted by Gasteiger charge is 2.11. The van der Waals surface area contributed by atoms with E-state index in [0.29, 0.717) is 0 Å². The lowest BCUT2D eigenvalue weighted by molar-refractivity contribution is 0.199. The third-order valence-electron chi connectivity index (χ3n) is 3.09. The molecule has 0 bridgehead atoms. The molecule has 0 aliphatic carbocycles. The molecule has 2 aromatic carbocycles. The smallest absolute Gasteiger partial charge is 0.0782 e. The van der Waals surface area contributed by atoms with E-state index >= 15 is 0 Å². The minimum Gasteiger partial charge on any atom is -0.389 e. The van der Waals surface area contributed by atoms with Crippen molar-refractivity contribution in [3.63, 3.8) is 0 Å². The number of aromatic nitrogens is 2. The zero-order valence-corrected chi connectivity index (χ0v) is 10.1. The molecule has 0 amide bonds. The highest BCUT2D eigenvalue weighted by atomic mass is 16.3. The number of fused-ring (bicyclic) bond motifs is 1. The lowest BCUT2D eigenvalue weighted by Crippen LogP contribution is -2.03. The van der Waals surface area contributed by atoms with Gasteiger partial charge in [0.25, 0.3) is 0 Å². The fourth-order valence-electron chi connectivity index (χ4n) is 2.20. The standard InChI is InChI=1S/C15H14N2O/c1-11(18)13-7-3-5-9-15(13)17-14-8-4-2-6-12(14)10-16-17/h2-11,18H,1H3/t11-/m0/s1. The Kier molecular flexibility index (Phi) is 2.61. The third-order valence-corrected chi connectivity index (χ3v) is 3.09. The van der Waals surface area contributed by atoms with E-state index in [0.717, 1.165) is 22.2 Å². The van der Waals surface area contributed by atoms with Crippen molar-refractivity contribution < 1.29 is 5.11 Å². The number of hydrogen-bond donors (Lipinski definition) is 1. The molecule has 90 valence electrons. The Morgan fingerprint density at radius 1 is 1.06 bits per heavy atom. The van der Waals surface area contributed by atoms with Crippen LogP contribution in [0, 0.1) is 0 Å². The molecular formula is C15H14N2O. The van der Waals surface area contributed by atoms with Crippen molar-refractivity contribution in [1.82, 2.24) is 9.78 Å². The van der Waals surface area contributed by atoms with Crippen molar-refractivity contribution in [3.05, 3.63) is 60.3 Å². The van der Waals surface area contributed by atoms with E-state index in [4.69, 9.17) is 0 Å². The van der Waals surface area contributed by atoms with Crippen molar-refractivity contribution in [2.45, 2.75) is 13.0 Å². The summed E-state index contributed by atoms with van der Waals surface area (Å²) in [5.41, 5.74) is 2.85. The summed E-state index contributed by atoms with van der Waals surface area (Å²) in [6.07, 6.45) is 1.33. The normalized spacial score (nSPS) is 12.8. The molecule has 0 spiro atoms. The number of para-hydroxylation sites is 2. The van der Waals surface area contributed by atoms with E-state index in [1.165, 1.54) is 0 Å². The van der Waals surface area contributed by atoms with E-state index in [9.17, 15) is 5.11 Å². The van der Waals surface area contributed by atoms with Crippen LogP contribution in [0.15, 0.2) is 54.7 Å². The van der Waals surface area contributed by atoms with Crippen LogP contribution in [0.4, 0.5) is 0 Å². The second-order valence-corrected chi connectivity index (χ2v) is 4.35. The van der Waals surface area contributed by atoms with Gasteiger partial charge < -0.3 is 5.11 Å². The van der Waals surface area contributed by atoms with Crippen molar-refractivity contribution in [1.29, 1.82) is 0 Å². The predicted octanol–water partition coefficient (Wildman–Crippen LogP) is 3.08. The second kappa shape index (κ2) is 4.27. The maximum atomic E-state index is 9.83. The van der Waals surface area contributed by atoms with Crippen molar-refractivity contribution >= 4 is 10.9 Å². The lowest BCUT2D eigenvalue weighted by Gasteiger charge is -2.12. The lowest BCUT2D eigenvalue weighted by atomic mass is 10.1. The van der Waals surface area contributed by atoms with Crippen LogP contribution in [0.25, 0.3) is 16.6 Å². The van der Waals surface area contributed by atoms with Gasteiger partial charge >= 0.3 is 0 Å². The van der Waals surface area contributed by atoms with Crippen LogP contribution in [-0.4, -0.2) is 14.9 Å². The average Bonchev–Trinajstić information content (AvgIpc) is 2.82. The highest BCUT2D eigenvalue weighted by molar-refractivity contribution is 5.80. The first-order valence-electron chi connectivity index (χ1n) is 5.97. The number of nitrogens with zero attached hydrogens (tertiary/aromatic N) is 2. The summed E-state index contributed by atoms with van der Waals surface area (Å²) < 4.78 is 1.87. The molecule has 0 radical (unpaired) electrons. The molecule has 3 nitrogen and oxygen atoms in total.